The molecule has 0 bridgehead atoms. The lowest BCUT2D eigenvalue weighted by atomic mass is 9.87. The van der Waals surface area contributed by atoms with Crippen molar-refractivity contribution in [2.24, 2.45) is 5.92 Å². The van der Waals surface area contributed by atoms with E-state index in [-0.39, 0.29) is 5.92 Å². The second kappa shape index (κ2) is 7.78. The first-order valence-electron chi connectivity index (χ1n) is 11.0. The van der Waals surface area contributed by atoms with Gasteiger partial charge in [0.15, 0.2) is 0 Å². The van der Waals surface area contributed by atoms with E-state index in [0.29, 0.717) is 13.1 Å². The van der Waals surface area contributed by atoms with Crippen LogP contribution in [0.3, 0.4) is 0 Å². The predicted molar refractivity (Wildman–Crippen MR) is 120 cm³/mol. The summed E-state index contributed by atoms with van der Waals surface area (Å²) in [5.74, 6) is 0.161. The standard InChI is InChI=1S/C23H37N4O3S/c1-20(2)12-16(21(3,4)26(20)28)13-25-14-19(31(24)30)15-9-10-17-18(11-15)23(7,8)27(29)22(17,5)6/h9-11,16,19,24-25H,12-14H2,1-8H3/q-1. The summed E-state index contributed by atoms with van der Waals surface area (Å²) in [4.78, 5) is 0. The maximum absolute atomic E-state index is 12.9. The third kappa shape index (κ3) is 3.96. The van der Waals surface area contributed by atoms with E-state index in [9.17, 15) is 14.6 Å². The topological polar surface area (TPSA) is 99.2 Å². The minimum atomic E-state index is -1.82. The Hall–Kier alpha value is -1.03. The molecule has 0 amide bonds. The van der Waals surface area contributed by atoms with Gasteiger partial charge in [0.1, 0.15) is 0 Å². The molecule has 2 N–H and O–H groups in total. The molecule has 174 valence electrons. The van der Waals surface area contributed by atoms with E-state index < -0.39 is 38.0 Å². The van der Waals surface area contributed by atoms with Crippen molar-refractivity contribution in [2.75, 3.05) is 13.1 Å². The van der Waals surface area contributed by atoms with Gasteiger partial charge in [-0.3, -0.25) is 0 Å². The first kappa shape index (κ1) is 24.6. The Morgan fingerprint density at radius 1 is 1.03 bits per heavy atom. The molecule has 31 heavy (non-hydrogen) atoms. The van der Waals surface area contributed by atoms with E-state index in [2.05, 4.69) is 5.32 Å². The van der Waals surface area contributed by atoms with Crippen molar-refractivity contribution in [3.63, 3.8) is 0 Å². The fourth-order valence-electron chi connectivity index (χ4n) is 5.63. The smallest absolute Gasteiger partial charge is 0.0699 e. The van der Waals surface area contributed by atoms with Crippen LogP contribution < -0.4 is 5.32 Å². The summed E-state index contributed by atoms with van der Waals surface area (Å²) < 4.78 is 20.3. The van der Waals surface area contributed by atoms with Gasteiger partial charge in [0.25, 0.3) is 0 Å². The Bertz CT molecular complexity index is 915. The average molecular weight is 450 g/mol. The Labute approximate surface area is 188 Å². The van der Waals surface area contributed by atoms with Crippen LogP contribution >= 0.6 is 0 Å². The highest BCUT2D eigenvalue weighted by molar-refractivity contribution is 7.73. The van der Waals surface area contributed by atoms with Gasteiger partial charge in [0, 0.05) is 11.1 Å². The fourth-order valence-corrected chi connectivity index (χ4v) is 6.29. The quantitative estimate of drug-likeness (QED) is 0.629. The van der Waals surface area contributed by atoms with Gasteiger partial charge in [-0.05, 0) is 97.2 Å². The van der Waals surface area contributed by atoms with E-state index in [1.165, 1.54) is 5.06 Å². The van der Waals surface area contributed by atoms with Crippen molar-refractivity contribution in [1.82, 2.24) is 15.4 Å². The number of nitrogens with one attached hydrogen (secondary N) is 2. The van der Waals surface area contributed by atoms with Crippen LogP contribution in [0.4, 0.5) is 0 Å². The molecular formula is C23H37N4O3S-. The number of benzene rings is 1. The van der Waals surface area contributed by atoms with Crippen LogP contribution in [0.1, 0.15) is 83.8 Å². The number of hydrogen-bond acceptors (Lipinski definition) is 6. The average Bonchev–Trinajstić information content (AvgIpc) is 2.90. The SMILES string of the molecule is CC1(C)CC(CNCC(c2ccc3c(c2)C(C)(C)N([O])C3(C)C)[S-](=N)=O)C(C)(C)N1[O]. The first-order valence-corrected chi connectivity index (χ1v) is 12.2. The van der Waals surface area contributed by atoms with E-state index in [1.807, 2.05) is 73.6 Å². The van der Waals surface area contributed by atoms with Gasteiger partial charge in [-0.25, -0.2) is 0 Å². The molecule has 8 heteroatoms. The number of hydroxylamine groups is 4. The van der Waals surface area contributed by atoms with Gasteiger partial charge in [-0.2, -0.15) is 10.6 Å². The molecule has 1 aromatic rings. The molecule has 2 aliphatic heterocycles. The lowest BCUT2D eigenvalue weighted by Crippen LogP contribution is -2.47. The van der Waals surface area contributed by atoms with Crippen molar-refractivity contribution in [3.05, 3.63) is 34.9 Å². The second-order valence-corrected chi connectivity index (χ2v) is 12.5. The summed E-state index contributed by atoms with van der Waals surface area (Å²) in [5, 5.41) is 30.7. The lowest BCUT2D eigenvalue weighted by molar-refractivity contribution is -0.266. The first-order chi connectivity index (χ1) is 14.0. The Balaban J connectivity index is 1.79. The largest absolute Gasteiger partial charge is 0.444 e. The van der Waals surface area contributed by atoms with E-state index in [1.54, 1.807) is 0 Å². The summed E-state index contributed by atoms with van der Waals surface area (Å²) in [6.07, 6.45) is 0.784. The molecule has 1 aromatic carbocycles. The number of hydrogen-bond donors (Lipinski definition) is 2. The van der Waals surface area contributed by atoms with Crippen LogP contribution in [0, 0.1) is 10.7 Å². The molecule has 2 radical (unpaired) electrons. The van der Waals surface area contributed by atoms with Gasteiger partial charge in [0.05, 0.1) is 11.1 Å². The van der Waals surface area contributed by atoms with Gasteiger partial charge in [-0.15, -0.1) is 20.5 Å². The van der Waals surface area contributed by atoms with E-state index in [4.69, 9.17) is 4.78 Å². The molecule has 2 atom stereocenters. The van der Waals surface area contributed by atoms with E-state index >= 15 is 0 Å². The highest BCUT2D eigenvalue weighted by Crippen LogP contribution is 2.49. The van der Waals surface area contributed by atoms with Gasteiger partial charge in [-0.1, -0.05) is 23.8 Å². The molecule has 1 saturated heterocycles. The van der Waals surface area contributed by atoms with Crippen molar-refractivity contribution < 1.29 is 14.6 Å². The molecule has 0 aromatic heterocycles. The third-order valence-corrected chi connectivity index (χ3v) is 8.50. The molecule has 3 rings (SSSR count). The maximum Gasteiger partial charge on any atom is 0.0699 e. The third-order valence-electron chi connectivity index (χ3n) is 7.55. The summed E-state index contributed by atoms with van der Waals surface area (Å²) in [6, 6.07) is 5.80. The van der Waals surface area contributed by atoms with Crippen LogP contribution in [0.15, 0.2) is 18.2 Å². The van der Waals surface area contributed by atoms with Crippen LogP contribution in [0.2, 0.25) is 0 Å². The Morgan fingerprint density at radius 3 is 2.13 bits per heavy atom. The minimum Gasteiger partial charge on any atom is -0.444 e. The van der Waals surface area contributed by atoms with Crippen molar-refractivity contribution in [2.45, 2.75) is 89.2 Å². The predicted octanol–water partition coefficient (Wildman–Crippen LogP) is 4.40. The highest BCUT2D eigenvalue weighted by Gasteiger charge is 2.52. The lowest BCUT2D eigenvalue weighted by Gasteiger charge is -2.34. The molecule has 2 unspecified atom stereocenters. The summed E-state index contributed by atoms with van der Waals surface area (Å²) in [7, 11) is -1.82. The van der Waals surface area contributed by atoms with Crippen molar-refractivity contribution >= 4 is 10.6 Å². The summed E-state index contributed by atoms with van der Waals surface area (Å²) in [5.41, 5.74) is 0.507. The second-order valence-electron chi connectivity index (χ2n) is 11.3. The molecule has 1 fully saturated rings. The fraction of sp³-hybridized carbons (Fsp3) is 0.739. The number of nitrogens with zero attached hydrogens (tertiary/aromatic N) is 2. The zero-order chi connectivity index (χ0) is 23.6. The van der Waals surface area contributed by atoms with Crippen LogP contribution in [0.25, 0.3) is 0 Å². The van der Waals surface area contributed by atoms with Crippen LogP contribution in [0.5, 0.6) is 0 Å². The Morgan fingerprint density at radius 2 is 1.61 bits per heavy atom. The zero-order valence-corrected chi connectivity index (χ0v) is 20.9. The number of fused-ring (bicyclic) bond motifs is 1. The van der Waals surface area contributed by atoms with Gasteiger partial charge in [0.2, 0.25) is 0 Å². The number of rotatable bonds is 6. The molecule has 7 nitrogen and oxygen atoms in total. The molecule has 0 spiro atoms. The molecule has 2 aliphatic rings. The summed E-state index contributed by atoms with van der Waals surface area (Å²) >= 11 is 0. The van der Waals surface area contributed by atoms with Crippen molar-refractivity contribution in [3.8, 4) is 0 Å². The summed E-state index contributed by atoms with van der Waals surface area (Å²) in [6.45, 7) is 16.5. The molecule has 0 saturated carbocycles. The molecule has 0 aliphatic carbocycles. The van der Waals surface area contributed by atoms with Gasteiger partial charge >= 0.3 is 0 Å². The molecule has 2 heterocycles. The van der Waals surface area contributed by atoms with E-state index in [0.717, 1.165) is 28.2 Å². The Kier molecular flexibility index (Phi) is 6.18. The van der Waals surface area contributed by atoms with Gasteiger partial charge < -0.3 is 14.3 Å². The zero-order valence-electron chi connectivity index (χ0n) is 20.0. The van der Waals surface area contributed by atoms with Crippen LogP contribution in [-0.4, -0.2) is 34.3 Å². The highest BCUT2D eigenvalue weighted by atomic mass is 32.2. The maximum atomic E-state index is 12.9. The normalized spacial score (nSPS) is 27.5. The molecular weight excluding hydrogens is 412 g/mol. The monoisotopic (exact) mass is 449 g/mol. The minimum absolute atomic E-state index is 0.161. The van der Waals surface area contributed by atoms with Crippen molar-refractivity contribution in [1.29, 1.82) is 4.78 Å². The van der Waals surface area contributed by atoms with Crippen LogP contribution in [-0.2, 0) is 36.3 Å².